The number of thioether (sulfide) groups is 1. The maximum absolute atomic E-state index is 12.4. The van der Waals surface area contributed by atoms with Crippen molar-refractivity contribution < 1.29 is 13.5 Å². The minimum absolute atomic E-state index is 0.0786. The minimum atomic E-state index is -2.41. The normalized spacial score (nSPS) is 16.1. The summed E-state index contributed by atoms with van der Waals surface area (Å²) in [6.07, 6.45) is 0. The zero-order chi connectivity index (χ0) is 19.5. The number of nitrogens with zero attached hydrogens (tertiary/aromatic N) is 1. The maximum Gasteiger partial charge on any atom is 0.288 e. The van der Waals surface area contributed by atoms with E-state index >= 15 is 0 Å². The molecular formula is C22H16ClF2NOS. The van der Waals surface area contributed by atoms with E-state index in [0.29, 0.717) is 34.2 Å². The topological polar surface area (TPSA) is 21.6 Å². The summed E-state index contributed by atoms with van der Waals surface area (Å²) in [6.45, 7) is 0.472. The molecule has 0 unspecified atom stereocenters. The molecule has 28 heavy (non-hydrogen) atoms. The quantitative estimate of drug-likeness (QED) is 0.425. The van der Waals surface area contributed by atoms with Crippen molar-refractivity contribution in [2.75, 3.05) is 6.61 Å². The summed E-state index contributed by atoms with van der Waals surface area (Å²) in [4.78, 5) is 5.22. The molecule has 0 radical (unpaired) electrons. The van der Waals surface area contributed by atoms with E-state index < -0.39 is 5.76 Å². The Morgan fingerprint density at radius 1 is 0.929 bits per heavy atom. The molecule has 0 aromatic heterocycles. The number of benzene rings is 3. The van der Waals surface area contributed by atoms with Gasteiger partial charge in [0.2, 0.25) is 5.90 Å². The Morgan fingerprint density at radius 3 is 2.21 bits per heavy atom. The van der Waals surface area contributed by atoms with E-state index in [9.17, 15) is 8.78 Å². The Balaban J connectivity index is 1.50. The molecule has 0 N–H and O–H groups in total. The van der Waals surface area contributed by atoms with Crippen LogP contribution in [-0.2, 0) is 4.74 Å². The highest BCUT2D eigenvalue weighted by atomic mass is 35.5. The average Bonchev–Trinajstić information content (AvgIpc) is 3.19. The van der Waals surface area contributed by atoms with Crippen molar-refractivity contribution in [2.45, 2.75) is 16.7 Å². The predicted octanol–water partition coefficient (Wildman–Crippen LogP) is 6.84. The number of aliphatic imine (C=N–C) groups is 1. The maximum atomic E-state index is 12.4. The highest BCUT2D eigenvalue weighted by molar-refractivity contribution is 7.99. The minimum Gasteiger partial charge on any atom is -0.475 e. The SMILES string of the molecule is FC(F)Sc1ccc(-c2ccc([C@@H]3COC(c4ccccc4Cl)=N3)cc2)cc1. The van der Waals surface area contributed by atoms with Crippen LogP contribution >= 0.6 is 23.4 Å². The van der Waals surface area contributed by atoms with Gasteiger partial charge in [-0.2, -0.15) is 8.78 Å². The van der Waals surface area contributed by atoms with E-state index in [1.54, 1.807) is 12.1 Å². The predicted molar refractivity (Wildman–Crippen MR) is 110 cm³/mol. The number of rotatable bonds is 5. The van der Waals surface area contributed by atoms with Crippen LogP contribution in [0.4, 0.5) is 8.78 Å². The zero-order valence-corrected chi connectivity index (χ0v) is 16.3. The van der Waals surface area contributed by atoms with Crippen molar-refractivity contribution >= 4 is 29.3 Å². The fourth-order valence-electron chi connectivity index (χ4n) is 3.05. The molecule has 1 atom stereocenters. The molecule has 3 aromatic carbocycles. The van der Waals surface area contributed by atoms with Crippen molar-refractivity contribution in [1.29, 1.82) is 0 Å². The zero-order valence-electron chi connectivity index (χ0n) is 14.7. The van der Waals surface area contributed by atoms with E-state index in [1.165, 1.54) is 0 Å². The van der Waals surface area contributed by atoms with E-state index in [1.807, 2.05) is 60.7 Å². The first kappa shape index (κ1) is 19.0. The molecular weight excluding hydrogens is 400 g/mol. The third-order valence-corrected chi connectivity index (χ3v) is 5.52. The van der Waals surface area contributed by atoms with Crippen LogP contribution in [0.3, 0.4) is 0 Å². The van der Waals surface area contributed by atoms with E-state index in [0.717, 1.165) is 22.3 Å². The highest BCUT2D eigenvalue weighted by Gasteiger charge is 2.23. The number of hydrogen-bond acceptors (Lipinski definition) is 3. The Morgan fingerprint density at radius 2 is 1.57 bits per heavy atom. The second kappa shape index (κ2) is 8.33. The molecule has 0 saturated heterocycles. The van der Waals surface area contributed by atoms with Gasteiger partial charge in [-0.3, -0.25) is 0 Å². The number of alkyl halides is 2. The van der Waals surface area contributed by atoms with Crippen LogP contribution in [0.15, 0.2) is 82.7 Å². The van der Waals surface area contributed by atoms with E-state index in [-0.39, 0.29) is 6.04 Å². The third kappa shape index (κ3) is 4.21. The molecule has 1 aliphatic rings. The van der Waals surface area contributed by atoms with Crippen LogP contribution in [0.2, 0.25) is 5.02 Å². The van der Waals surface area contributed by atoms with Gasteiger partial charge in [0, 0.05) is 4.90 Å². The lowest BCUT2D eigenvalue weighted by atomic mass is 10.0. The first-order valence-corrected chi connectivity index (χ1v) is 9.96. The summed E-state index contributed by atoms with van der Waals surface area (Å²) in [7, 11) is 0. The van der Waals surface area contributed by atoms with Crippen LogP contribution < -0.4 is 0 Å². The summed E-state index contributed by atoms with van der Waals surface area (Å²) in [6, 6.07) is 22.6. The van der Waals surface area contributed by atoms with Crippen LogP contribution in [-0.4, -0.2) is 18.3 Å². The van der Waals surface area contributed by atoms with Gasteiger partial charge < -0.3 is 4.74 Å². The third-order valence-electron chi connectivity index (χ3n) is 4.46. The van der Waals surface area contributed by atoms with Gasteiger partial charge in [0.1, 0.15) is 12.6 Å². The van der Waals surface area contributed by atoms with Crippen molar-refractivity contribution in [3.63, 3.8) is 0 Å². The summed E-state index contributed by atoms with van der Waals surface area (Å²) < 4.78 is 30.6. The highest BCUT2D eigenvalue weighted by Crippen LogP contribution is 2.31. The van der Waals surface area contributed by atoms with E-state index in [2.05, 4.69) is 4.99 Å². The second-order valence-corrected chi connectivity index (χ2v) is 7.74. The molecule has 4 rings (SSSR count). The smallest absolute Gasteiger partial charge is 0.288 e. The van der Waals surface area contributed by atoms with Crippen LogP contribution in [0.1, 0.15) is 17.2 Å². The molecule has 142 valence electrons. The fraction of sp³-hybridized carbons (Fsp3) is 0.136. The summed E-state index contributed by atoms with van der Waals surface area (Å²) in [5.41, 5.74) is 3.85. The summed E-state index contributed by atoms with van der Waals surface area (Å²) in [5.74, 6) is -1.85. The first-order valence-electron chi connectivity index (χ1n) is 8.71. The van der Waals surface area contributed by atoms with Gasteiger partial charge in [0.15, 0.2) is 0 Å². The summed E-state index contributed by atoms with van der Waals surface area (Å²) in [5, 5.41) is 0.616. The molecule has 6 heteroatoms. The van der Waals surface area contributed by atoms with Gasteiger partial charge >= 0.3 is 0 Å². The Hall–Kier alpha value is -2.37. The van der Waals surface area contributed by atoms with Crippen molar-refractivity contribution in [1.82, 2.24) is 0 Å². The molecule has 0 spiro atoms. The van der Waals surface area contributed by atoms with Crippen molar-refractivity contribution in [3.05, 3.63) is 88.9 Å². The molecule has 0 saturated carbocycles. The summed E-state index contributed by atoms with van der Waals surface area (Å²) >= 11 is 6.77. The van der Waals surface area contributed by atoms with Crippen molar-refractivity contribution in [3.8, 4) is 11.1 Å². The lowest BCUT2D eigenvalue weighted by Crippen LogP contribution is -2.01. The Kier molecular flexibility index (Phi) is 5.64. The lowest BCUT2D eigenvalue weighted by molar-refractivity contribution is 0.252. The van der Waals surface area contributed by atoms with Gasteiger partial charge in [-0.1, -0.05) is 71.9 Å². The number of hydrogen-bond donors (Lipinski definition) is 0. The van der Waals surface area contributed by atoms with Crippen LogP contribution in [0.5, 0.6) is 0 Å². The first-order chi connectivity index (χ1) is 13.6. The lowest BCUT2D eigenvalue weighted by Gasteiger charge is -2.08. The molecule has 0 fully saturated rings. The fourth-order valence-corrected chi connectivity index (χ4v) is 3.77. The molecule has 0 aliphatic carbocycles. The molecule has 1 heterocycles. The second-order valence-electron chi connectivity index (χ2n) is 6.27. The largest absolute Gasteiger partial charge is 0.475 e. The van der Waals surface area contributed by atoms with Crippen LogP contribution in [0, 0.1) is 0 Å². The molecule has 2 nitrogen and oxygen atoms in total. The Labute approximate surface area is 171 Å². The van der Waals surface area contributed by atoms with Gasteiger partial charge in [-0.25, -0.2) is 4.99 Å². The van der Waals surface area contributed by atoms with Gasteiger partial charge in [-0.05, 0) is 41.0 Å². The molecule has 0 amide bonds. The number of ether oxygens (including phenoxy) is 1. The molecule has 1 aliphatic heterocycles. The molecule has 3 aromatic rings. The number of halogens is 3. The standard InChI is InChI=1S/C22H16ClF2NOS/c23-19-4-2-1-3-18(19)21-26-20(13-27-21)16-7-5-14(6-8-16)15-9-11-17(12-10-15)28-22(24)25/h1-12,20,22H,13H2/t20-/m0/s1. The average molecular weight is 416 g/mol. The molecule has 0 bridgehead atoms. The Bertz CT molecular complexity index is 990. The van der Waals surface area contributed by atoms with Gasteiger partial charge in [0.05, 0.1) is 10.6 Å². The van der Waals surface area contributed by atoms with Gasteiger partial charge in [-0.15, -0.1) is 0 Å². The van der Waals surface area contributed by atoms with Crippen LogP contribution in [0.25, 0.3) is 11.1 Å². The van der Waals surface area contributed by atoms with Gasteiger partial charge in [0.25, 0.3) is 5.76 Å². The van der Waals surface area contributed by atoms with E-state index in [4.69, 9.17) is 16.3 Å². The van der Waals surface area contributed by atoms with Crippen molar-refractivity contribution in [2.24, 2.45) is 4.99 Å². The monoisotopic (exact) mass is 415 g/mol.